The molecule has 0 aliphatic carbocycles. The molecule has 1 fully saturated rings. The molecule has 0 saturated carbocycles. The highest BCUT2D eigenvalue weighted by Gasteiger charge is 2.64. The molecule has 1 amide bonds. The van der Waals surface area contributed by atoms with Gasteiger partial charge < -0.3 is 18.9 Å². The minimum Gasteiger partial charge on any atom is -0.434 e. The number of hydrogen-bond donors (Lipinski definition) is 1. The fourth-order valence-electron chi connectivity index (χ4n) is 6.97. The molecule has 1 aliphatic heterocycles. The number of ether oxygens (including phenoxy) is 4. The number of amides is 1. The van der Waals surface area contributed by atoms with Crippen LogP contribution in [0.2, 0.25) is 0 Å². The Kier molecular flexibility index (Phi) is 14.4. The van der Waals surface area contributed by atoms with E-state index in [-0.39, 0.29) is 53.9 Å². The number of non-ortho nitro benzene ring substituents is 1. The van der Waals surface area contributed by atoms with E-state index in [0.717, 1.165) is 15.9 Å². The van der Waals surface area contributed by atoms with E-state index in [2.05, 4.69) is 15.4 Å². The number of Topliss-reactive ketones (excluding diaryl/α,β-unsaturated/α-hetero) is 1. The molecule has 3 atom stereocenters. The maximum atomic E-state index is 15.4. The number of hydrogen-bond acceptors (Lipinski definition) is 14. The van der Waals surface area contributed by atoms with Crippen LogP contribution in [0.1, 0.15) is 31.5 Å². The molecule has 310 valence electrons. The van der Waals surface area contributed by atoms with Gasteiger partial charge in [-0.3, -0.25) is 14.9 Å². The Morgan fingerprint density at radius 1 is 0.900 bits per heavy atom. The number of nitro benzene ring substituents is 1. The zero-order chi connectivity index (χ0) is 42.7. The van der Waals surface area contributed by atoms with Gasteiger partial charge in [-0.2, -0.15) is 19.3 Å². The fourth-order valence-corrected chi connectivity index (χ4v) is 13.9. The van der Waals surface area contributed by atoms with Crippen LogP contribution < -0.4 is 15.9 Å². The molecule has 5 aromatic rings. The van der Waals surface area contributed by atoms with E-state index in [1.807, 2.05) is 91.0 Å². The maximum Gasteiger partial charge on any atom is 0.508 e. The summed E-state index contributed by atoms with van der Waals surface area (Å²) in [5.41, 5.74) is 1.67. The Morgan fingerprint density at radius 3 is 1.98 bits per heavy atom. The number of aromatic amines is 1. The topological polar surface area (TPSA) is 190 Å². The quantitative estimate of drug-likeness (QED) is 0.0162. The summed E-state index contributed by atoms with van der Waals surface area (Å²) in [5, 5.41) is 24.5. The van der Waals surface area contributed by atoms with Gasteiger partial charge in [-0.25, -0.2) is 14.4 Å². The number of carbonyl (C=O) groups is 4. The Balaban J connectivity index is 1.46. The summed E-state index contributed by atoms with van der Waals surface area (Å²) in [6.07, 6.45) is -1.19. The number of rotatable bonds is 17. The van der Waals surface area contributed by atoms with Crippen LogP contribution in [0, 0.1) is 16.0 Å². The number of ketones is 1. The van der Waals surface area contributed by atoms with Gasteiger partial charge in [0.2, 0.25) is 0 Å². The number of quaternary nitrogens is 1. The molecule has 2 heterocycles. The van der Waals surface area contributed by atoms with Gasteiger partial charge in [0.05, 0.1) is 23.2 Å². The zero-order valence-corrected chi connectivity index (χ0v) is 35.1. The van der Waals surface area contributed by atoms with Crippen molar-refractivity contribution in [2.24, 2.45) is 5.92 Å². The van der Waals surface area contributed by atoms with Crippen molar-refractivity contribution >= 4 is 86.3 Å². The second kappa shape index (κ2) is 19.8. The number of nitrogens with one attached hydrogen (secondary N) is 1. The molecule has 0 spiro atoms. The number of β-lactam (4-membered cyclic amide) rings is 1. The molecule has 1 aliphatic rings. The third-order valence-electron chi connectivity index (χ3n) is 9.70. The Hall–Kier alpha value is -6.00. The smallest absolute Gasteiger partial charge is 0.434 e. The molecule has 6 rings (SSSR count). The molecule has 60 heavy (non-hydrogen) atoms. The lowest BCUT2D eigenvalue weighted by molar-refractivity contribution is -0.662. The SMILES string of the molecule is CC(=O)COC(=O)OCCC([N+]1(SC(=S)Cc2cn[nH]n2)C[C@@H](C(C)OC(=O)OCc2ccc([N+](=O)[O-])cc2)C1=O)=P(c1ccccc1)(c1ccccc1)c1ccccc1. The van der Waals surface area contributed by atoms with Crippen LogP contribution in [0.3, 0.4) is 0 Å². The summed E-state index contributed by atoms with van der Waals surface area (Å²) in [5.74, 6) is -1.48. The molecule has 2 unspecified atom stereocenters. The van der Waals surface area contributed by atoms with E-state index < -0.39 is 42.7 Å². The molecule has 1 aromatic heterocycles. The first-order valence-electron chi connectivity index (χ1n) is 18.7. The summed E-state index contributed by atoms with van der Waals surface area (Å²) >= 11 is 7.19. The molecule has 15 nitrogen and oxygen atoms in total. The predicted octanol–water partition coefficient (Wildman–Crippen LogP) is 6.20. The molecular formula is C42H41N5O10PS2+. The summed E-state index contributed by atoms with van der Waals surface area (Å²) in [4.78, 5) is 63.3. The number of aromatic nitrogens is 3. The van der Waals surface area contributed by atoms with Crippen molar-refractivity contribution in [2.45, 2.75) is 39.4 Å². The lowest BCUT2D eigenvalue weighted by atomic mass is 9.93. The van der Waals surface area contributed by atoms with E-state index in [1.54, 1.807) is 13.1 Å². The number of carbonyl (C=O) groups excluding carboxylic acids is 4. The normalized spacial score (nSPS) is 16.4. The van der Waals surface area contributed by atoms with Crippen molar-refractivity contribution in [3.63, 3.8) is 0 Å². The summed E-state index contributed by atoms with van der Waals surface area (Å²) < 4.78 is 21.8. The van der Waals surface area contributed by atoms with Crippen molar-refractivity contribution in [3.8, 4) is 0 Å². The average molecular weight is 871 g/mol. The van der Waals surface area contributed by atoms with Crippen LogP contribution in [0.5, 0.6) is 0 Å². The predicted molar refractivity (Wildman–Crippen MR) is 230 cm³/mol. The van der Waals surface area contributed by atoms with Gasteiger partial charge in [-0.1, -0.05) is 103 Å². The standard InChI is InChI=1S/C42H41N5O10PS2/c1-29(48)27-55-41(50)54-23-22-38(58(34-12-6-3-7-13-34,35-14-8-4-9-15-35)36-16-10-5-11-17-36)47(60-39(59)24-32-25-43-45-44-32)26-37(40(47)49)30(2)57-42(51)56-28-31-18-20-33(21-19-31)46(52)53/h3-21,25,30,37H,22-24,26-28H2,1-2H3,(H,43,44,45)/q+1/t30?,37-,47?/m0/s1. The molecule has 0 radical (unpaired) electrons. The number of nitro groups is 1. The number of H-pyrrole nitrogens is 1. The van der Waals surface area contributed by atoms with E-state index in [1.165, 1.54) is 43.1 Å². The lowest BCUT2D eigenvalue weighted by Crippen LogP contribution is -2.70. The van der Waals surface area contributed by atoms with Gasteiger partial charge in [0.15, 0.2) is 18.3 Å². The van der Waals surface area contributed by atoms with Gasteiger partial charge >= 0.3 is 18.2 Å². The second-order valence-electron chi connectivity index (χ2n) is 13.7. The van der Waals surface area contributed by atoms with E-state index in [9.17, 15) is 24.5 Å². The molecule has 0 bridgehead atoms. The molecule has 1 saturated heterocycles. The average Bonchev–Trinajstić information content (AvgIpc) is 3.77. The molecule has 1 N–H and O–H groups in total. The number of likely N-dealkylation sites (tertiary alicyclic amines) is 1. The zero-order valence-electron chi connectivity index (χ0n) is 32.6. The summed E-state index contributed by atoms with van der Waals surface area (Å²) in [7, 11) is 0. The molecule has 4 aromatic carbocycles. The minimum absolute atomic E-state index is 0.0617. The highest BCUT2D eigenvalue weighted by molar-refractivity contribution is 8.20. The third kappa shape index (κ3) is 9.88. The third-order valence-corrected chi connectivity index (χ3v) is 16.0. The van der Waals surface area contributed by atoms with Gasteiger partial charge in [0.25, 0.3) is 5.69 Å². The van der Waals surface area contributed by atoms with Gasteiger partial charge in [0, 0.05) is 25.4 Å². The summed E-state index contributed by atoms with van der Waals surface area (Å²) in [6.45, 7) is -0.897. The van der Waals surface area contributed by atoms with E-state index >= 15 is 4.79 Å². The Labute approximate surface area is 355 Å². The lowest BCUT2D eigenvalue weighted by Gasteiger charge is -2.49. The minimum atomic E-state index is -3.05. The number of nitrogens with zero attached hydrogens (tertiary/aromatic N) is 4. The molecular weight excluding hydrogens is 830 g/mol. The van der Waals surface area contributed by atoms with Gasteiger partial charge in [0.1, 0.15) is 47.4 Å². The number of thiocarbonyl (C=S) groups is 1. The molecule has 18 heteroatoms. The van der Waals surface area contributed by atoms with Crippen LogP contribution in [-0.4, -0.2) is 83.7 Å². The monoisotopic (exact) mass is 870 g/mol. The van der Waals surface area contributed by atoms with Crippen molar-refractivity contribution < 1.29 is 46.9 Å². The van der Waals surface area contributed by atoms with Gasteiger partial charge in [-0.15, -0.1) is 0 Å². The van der Waals surface area contributed by atoms with Crippen LogP contribution in [0.15, 0.2) is 121 Å². The first-order chi connectivity index (χ1) is 28.9. The van der Waals surface area contributed by atoms with Crippen LogP contribution in [-0.2, 0) is 41.6 Å². The summed E-state index contributed by atoms with van der Waals surface area (Å²) in [6, 6.07) is 35.1. The van der Waals surface area contributed by atoms with Crippen molar-refractivity contribution in [2.75, 3.05) is 19.8 Å². The number of benzene rings is 4. The van der Waals surface area contributed by atoms with Crippen LogP contribution in [0.4, 0.5) is 15.3 Å². The highest BCUT2D eigenvalue weighted by atomic mass is 32.2. The van der Waals surface area contributed by atoms with Gasteiger partial charge in [-0.05, 0) is 47.5 Å². The van der Waals surface area contributed by atoms with E-state index in [0.29, 0.717) is 20.9 Å². The van der Waals surface area contributed by atoms with Crippen LogP contribution in [0.25, 0.3) is 0 Å². The van der Waals surface area contributed by atoms with Crippen molar-refractivity contribution in [1.82, 2.24) is 15.4 Å². The highest BCUT2D eigenvalue weighted by Crippen LogP contribution is 2.54. The first-order valence-corrected chi connectivity index (χ1v) is 21.7. The second-order valence-corrected chi connectivity index (χ2v) is 19.1. The van der Waals surface area contributed by atoms with Crippen molar-refractivity contribution in [3.05, 3.63) is 143 Å². The first kappa shape index (κ1) is 43.6. The van der Waals surface area contributed by atoms with Crippen molar-refractivity contribution in [1.29, 1.82) is 0 Å². The largest absolute Gasteiger partial charge is 0.508 e. The fraction of sp³-hybridized carbons (Fsp3) is 0.238. The Bertz CT molecular complexity index is 2280. The Morgan fingerprint density at radius 2 is 1.48 bits per heavy atom. The van der Waals surface area contributed by atoms with Crippen LogP contribution >= 0.6 is 31.1 Å². The maximum absolute atomic E-state index is 15.4. The van der Waals surface area contributed by atoms with E-state index in [4.69, 9.17) is 31.2 Å².